The number of hydrogen-bond donors (Lipinski definition) is 0. The lowest BCUT2D eigenvalue weighted by Gasteiger charge is -2.14. The van der Waals surface area contributed by atoms with Gasteiger partial charge in [-0.2, -0.15) is 13.2 Å². The van der Waals surface area contributed by atoms with Crippen LogP contribution < -0.4 is 0 Å². The van der Waals surface area contributed by atoms with Gasteiger partial charge in [0.05, 0.1) is 5.57 Å². The molecule has 0 aliphatic carbocycles. The standard InChI is InChI=1S/C15H15F3O/c1-3-8-13(15(16,17)18)14(4-2)19-11-12-9-6-5-7-10-12/h3-10H,2,11H2,1H3/b8-3-,14-13-. The number of allylic oxidation sites excluding steroid dienone is 4. The highest BCUT2D eigenvalue weighted by Gasteiger charge is 2.34. The summed E-state index contributed by atoms with van der Waals surface area (Å²) in [5, 5.41) is 0. The van der Waals surface area contributed by atoms with E-state index in [4.69, 9.17) is 4.74 Å². The lowest BCUT2D eigenvalue weighted by molar-refractivity contribution is -0.0914. The summed E-state index contributed by atoms with van der Waals surface area (Å²) in [7, 11) is 0. The Kier molecular flexibility index (Phi) is 5.42. The zero-order chi connectivity index (χ0) is 14.3. The van der Waals surface area contributed by atoms with Crippen LogP contribution in [-0.2, 0) is 11.3 Å². The van der Waals surface area contributed by atoms with Crippen molar-refractivity contribution in [2.24, 2.45) is 0 Å². The zero-order valence-corrected chi connectivity index (χ0v) is 10.6. The van der Waals surface area contributed by atoms with E-state index in [0.717, 1.165) is 17.7 Å². The van der Waals surface area contributed by atoms with Crippen LogP contribution in [0.3, 0.4) is 0 Å². The van der Waals surface area contributed by atoms with E-state index in [2.05, 4.69) is 6.58 Å². The summed E-state index contributed by atoms with van der Waals surface area (Å²) in [4.78, 5) is 0. The van der Waals surface area contributed by atoms with Crippen molar-refractivity contribution in [2.45, 2.75) is 19.7 Å². The lowest BCUT2D eigenvalue weighted by atomic mass is 10.2. The van der Waals surface area contributed by atoms with Crippen LogP contribution in [0.5, 0.6) is 0 Å². The molecule has 102 valence electrons. The van der Waals surface area contributed by atoms with Gasteiger partial charge in [-0.3, -0.25) is 0 Å². The minimum absolute atomic E-state index is 0.0688. The van der Waals surface area contributed by atoms with Crippen molar-refractivity contribution < 1.29 is 17.9 Å². The molecule has 1 nitrogen and oxygen atoms in total. The molecule has 0 atom stereocenters. The summed E-state index contributed by atoms with van der Waals surface area (Å²) in [5.74, 6) is -0.269. The Labute approximate surface area is 110 Å². The van der Waals surface area contributed by atoms with Gasteiger partial charge in [-0.25, -0.2) is 0 Å². The van der Waals surface area contributed by atoms with Crippen molar-refractivity contribution in [1.29, 1.82) is 0 Å². The molecule has 0 amide bonds. The molecule has 19 heavy (non-hydrogen) atoms. The number of rotatable bonds is 5. The molecule has 0 aliphatic heterocycles. The molecule has 0 aromatic heterocycles. The van der Waals surface area contributed by atoms with Crippen molar-refractivity contribution in [2.75, 3.05) is 0 Å². The van der Waals surface area contributed by atoms with Crippen molar-refractivity contribution in [3.8, 4) is 0 Å². The Hall–Kier alpha value is -1.97. The van der Waals surface area contributed by atoms with Gasteiger partial charge in [0, 0.05) is 0 Å². The van der Waals surface area contributed by atoms with Crippen LogP contribution in [0.2, 0.25) is 0 Å². The summed E-state index contributed by atoms with van der Waals surface area (Å²) in [6, 6.07) is 8.99. The van der Waals surface area contributed by atoms with Crippen LogP contribution in [-0.4, -0.2) is 6.18 Å². The van der Waals surface area contributed by atoms with Crippen LogP contribution in [0, 0.1) is 0 Å². The van der Waals surface area contributed by atoms with E-state index in [-0.39, 0.29) is 12.4 Å². The summed E-state index contributed by atoms with van der Waals surface area (Å²) in [6.45, 7) is 4.96. The molecule has 0 saturated heterocycles. The molecular formula is C15H15F3O. The fraction of sp³-hybridized carbons (Fsp3) is 0.200. The summed E-state index contributed by atoms with van der Waals surface area (Å²) < 4.78 is 43.7. The Morgan fingerprint density at radius 2 is 1.89 bits per heavy atom. The number of ether oxygens (including phenoxy) is 1. The van der Waals surface area contributed by atoms with E-state index in [9.17, 15) is 13.2 Å². The molecular weight excluding hydrogens is 253 g/mol. The van der Waals surface area contributed by atoms with E-state index in [0.29, 0.717) is 0 Å². The van der Waals surface area contributed by atoms with Gasteiger partial charge in [-0.05, 0) is 18.6 Å². The fourth-order valence-corrected chi connectivity index (χ4v) is 1.46. The van der Waals surface area contributed by atoms with E-state index < -0.39 is 11.7 Å². The van der Waals surface area contributed by atoms with Crippen molar-refractivity contribution in [1.82, 2.24) is 0 Å². The lowest BCUT2D eigenvalue weighted by Crippen LogP contribution is -2.13. The first kappa shape index (κ1) is 15.1. The van der Waals surface area contributed by atoms with Gasteiger partial charge in [-0.1, -0.05) is 49.1 Å². The molecule has 0 unspecified atom stereocenters. The molecule has 0 fully saturated rings. The topological polar surface area (TPSA) is 9.23 Å². The molecule has 0 radical (unpaired) electrons. The number of hydrogen-bond acceptors (Lipinski definition) is 1. The van der Waals surface area contributed by atoms with Gasteiger partial charge < -0.3 is 4.74 Å². The zero-order valence-electron chi connectivity index (χ0n) is 10.6. The molecule has 4 heteroatoms. The van der Waals surface area contributed by atoms with E-state index in [1.807, 2.05) is 6.07 Å². The van der Waals surface area contributed by atoms with Gasteiger partial charge in [0.1, 0.15) is 12.4 Å². The highest BCUT2D eigenvalue weighted by Crippen LogP contribution is 2.30. The maximum absolute atomic E-state index is 12.8. The third-order valence-corrected chi connectivity index (χ3v) is 2.33. The van der Waals surface area contributed by atoms with Crippen LogP contribution in [0.25, 0.3) is 0 Å². The second-order valence-corrected chi connectivity index (χ2v) is 3.75. The van der Waals surface area contributed by atoms with Gasteiger partial charge >= 0.3 is 6.18 Å². The van der Waals surface area contributed by atoms with E-state index in [1.165, 1.54) is 13.0 Å². The average molecular weight is 268 g/mol. The Balaban J connectivity index is 2.94. The average Bonchev–Trinajstić information content (AvgIpc) is 2.38. The van der Waals surface area contributed by atoms with Crippen molar-refractivity contribution in [3.63, 3.8) is 0 Å². The van der Waals surface area contributed by atoms with Gasteiger partial charge in [0.15, 0.2) is 0 Å². The highest BCUT2D eigenvalue weighted by atomic mass is 19.4. The minimum Gasteiger partial charge on any atom is -0.488 e. The number of alkyl halides is 3. The number of benzene rings is 1. The van der Waals surface area contributed by atoms with E-state index >= 15 is 0 Å². The SMILES string of the molecule is C=C/C(OCc1ccccc1)=C(\C=C/C)C(F)(F)F. The fourth-order valence-electron chi connectivity index (χ4n) is 1.46. The molecule has 0 N–H and O–H groups in total. The molecule has 0 saturated carbocycles. The Morgan fingerprint density at radius 1 is 1.26 bits per heavy atom. The first-order chi connectivity index (χ1) is 8.99. The molecule has 1 rings (SSSR count). The second-order valence-electron chi connectivity index (χ2n) is 3.75. The normalized spacial score (nSPS) is 13.3. The molecule has 0 bridgehead atoms. The van der Waals surface area contributed by atoms with Crippen LogP contribution >= 0.6 is 0 Å². The molecule has 0 aliphatic rings. The molecule has 0 spiro atoms. The monoisotopic (exact) mass is 268 g/mol. The highest BCUT2D eigenvalue weighted by molar-refractivity contribution is 5.32. The Morgan fingerprint density at radius 3 is 2.37 bits per heavy atom. The predicted octanol–water partition coefficient (Wildman–Crippen LogP) is 4.78. The van der Waals surface area contributed by atoms with E-state index in [1.54, 1.807) is 24.3 Å². The van der Waals surface area contributed by atoms with Gasteiger partial charge in [0.25, 0.3) is 0 Å². The summed E-state index contributed by atoms with van der Waals surface area (Å²) in [6.07, 6.45) is -1.10. The maximum atomic E-state index is 12.8. The first-order valence-electron chi connectivity index (χ1n) is 5.72. The van der Waals surface area contributed by atoms with Crippen LogP contribution in [0.15, 0.2) is 66.5 Å². The van der Waals surface area contributed by atoms with Crippen LogP contribution in [0.1, 0.15) is 12.5 Å². The minimum atomic E-state index is -4.47. The molecule has 1 aromatic rings. The quantitative estimate of drug-likeness (QED) is 0.551. The summed E-state index contributed by atoms with van der Waals surface area (Å²) in [5.41, 5.74) is -0.0372. The van der Waals surface area contributed by atoms with Gasteiger partial charge in [-0.15, -0.1) is 0 Å². The first-order valence-corrected chi connectivity index (χ1v) is 5.72. The smallest absolute Gasteiger partial charge is 0.419 e. The number of halogens is 3. The molecule has 0 heterocycles. The largest absolute Gasteiger partial charge is 0.488 e. The maximum Gasteiger partial charge on any atom is 0.419 e. The predicted molar refractivity (Wildman–Crippen MR) is 69.3 cm³/mol. The Bertz CT molecular complexity index is 470. The third kappa shape index (κ3) is 4.66. The van der Waals surface area contributed by atoms with Crippen LogP contribution in [0.4, 0.5) is 13.2 Å². The third-order valence-electron chi connectivity index (χ3n) is 2.33. The van der Waals surface area contributed by atoms with Gasteiger partial charge in [0.2, 0.25) is 0 Å². The van der Waals surface area contributed by atoms with Crippen molar-refractivity contribution >= 4 is 0 Å². The van der Waals surface area contributed by atoms with Crippen molar-refractivity contribution in [3.05, 3.63) is 72.0 Å². The second kappa shape index (κ2) is 6.83. The molecule has 1 aromatic carbocycles. The summed E-state index contributed by atoms with van der Waals surface area (Å²) >= 11 is 0.